The molecule has 0 aromatic heterocycles. The van der Waals surface area contributed by atoms with Gasteiger partial charge in [0.05, 0.1) is 0 Å². The van der Waals surface area contributed by atoms with Crippen molar-refractivity contribution in [3.05, 3.63) is 33.8 Å². The van der Waals surface area contributed by atoms with Gasteiger partial charge < -0.3 is 10.6 Å². The summed E-state index contributed by atoms with van der Waals surface area (Å²) in [5.41, 5.74) is 2.63. The van der Waals surface area contributed by atoms with E-state index in [-0.39, 0.29) is 0 Å². The van der Waals surface area contributed by atoms with Crippen molar-refractivity contribution in [1.29, 1.82) is 0 Å². The first-order valence-corrected chi connectivity index (χ1v) is 6.58. The third-order valence-electron chi connectivity index (χ3n) is 2.41. The van der Waals surface area contributed by atoms with Gasteiger partial charge in [0.1, 0.15) is 0 Å². The monoisotopic (exact) mass is 284 g/mol. The Bertz CT molecular complexity index is 324. The third kappa shape index (κ3) is 5.10. The molecular weight excluding hydrogens is 264 g/mol. The Labute approximate surface area is 107 Å². The molecule has 0 bridgehead atoms. The van der Waals surface area contributed by atoms with E-state index in [0.717, 1.165) is 19.6 Å². The Hall–Kier alpha value is -0.380. The Morgan fingerprint density at radius 3 is 2.62 bits per heavy atom. The van der Waals surface area contributed by atoms with E-state index in [4.69, 9.17) is 0 Å². The van der Waals surface area contributed by atoms with E-state index >= 15 is 0 Å². The second-order valence-electron chi connectivity index (χ2n) is 4.37. The average molecular weight is 285 g/mol. The van der Waals surface area contributed by atoms with Crippen molar-refractivity contribution in [1.82, 2.24) is 10.6 Å². The van der Waals surface area contributed by atoms with Crippen LogP contribution in [0.4, 0.5) is 0 Å². The summed E-state index contributed by atoms with van der Waals surface area (Å²) in [7, 11) is 0. The van der Waals surface area contributed by atoms with Crippen molar-refractivity contribution in [2.45, 2.75) is 33.4 Å². The molecule has 1 aromatic rings. The number of rotatable bonds is 6. The zero-order valence-corrected chi connectivity index (χ0v) is 11.9. The first kappa shape index (κ1) is 13.7. The van der Waals surface area contributed by atoms with Gasteiger partial charge in [0.15, 0.2) is 0 Å². The maximum atomic E-state index is 3.51. The Balaban J connectivity index is 2.24. The van der Waals surface area contributed by atoms with Gasteiger partial charge in [-0.15, -0.1) is 0 Å². The van der Waals surface area contributed by atoms with E-state index in [1.165, 1.54) is 15.6 Å². The van der Waals surface area contributed by atoms with Gasteiger partial charge in [-0.1, -0.05) is 41.9 Å². The molecule has 0 spiro atoms. The van der Waals surface area contributed by atoms with Crippen LogP contribution in [0, 0.1) is 6.92 Å². The normalized spacial score (nSPS) is 11.1. The maximum absolute atomic E-state index is 3.51. The lowest BCUT2D eigenvalue weighted by Gasteiger charge is -2.09. The molecule has 0 amide bonds. The Morgan fingerprint density at radius 2 is 2.00 bits per heavy atom. The average Bonchev–Trinajstić information content (AvgIpc) is 2.22. The van der Waals surface area contributed by atoms with Gasteiger partial charge in [0.25, 0.3) is 0 Å². The number of hydrogen-bond acceptors (Lipinski definition) is 2. The molecule has 2 N–H and O–H groups in total. The van der Waals surface area contributed by atoms with Gasteiger partial charge in [-0.3, -0.25) is 0 Å². The highest BCUT2D eigenvalue weighted by Crippen LogP contribution is 2.16. The van der Waals surface area contributed by atoms with Crippen LogP contribution in [-0.2, 0) is 6.54 Å². The number of halogens is 1. The molecule has 0 saturated carbocycles. The van der Waals surface area contributed by atoms with Gasteiger partial charge >= 0.3 is 0 Å². The predicted molar refractivity (Wildman–Crippen MR) is 73.7 cm³/mol. The number of nitrogens with one attached hydrogen (secondary N) is 2. The number of benzene rings is 1. The molecule has 3 heteroatoms. The second kappa shape index (κ2) is 7.05. The van der Waals surface area contributed by atoms with Crippen LogP contribution in [0.5, 0.6) is 0 Å². The fourth-order valence-corrected chi connectivity index (χ4v) is 1.75. The topological polar surface area (TPSA) is 24.1 Å². The first-order valence-electron chi connectivity index (χ1n) is 5.78. The minimum atomic E-state index is 0.566. The first-order chi connectivity index (χ1) is 7.59. The highest BCUT2D eigenvalue weighted by Gasteiger charge is 1.97. The van der Waals surface area contributed by atoms with Crippen LogP contribution in [0.25, 0.3) is 0 Å². The molecule has 0 radical (unpaired) electrons. The van der Waals surface area contributed by atoms with Crippen molar-refractivity contribution in [2.75, 3.05) is 13.1 Å². The zero-order valence-electron chi connectivity index (χ0n) is 10.3. The predicted octanol–water partition coefficient (Wildman–Crippen LogP) is 2.85. The largest absolute Gasteiger partial charge is 0.313 e. The summed E-state index contributed by atoms with van der Waals surface area (Å²) in [6.45, 7) is 9.42. The van der Waals surface area contributed by atoms with E-state index in [9.17, 15) is 0 Å². The summed E-state index contributed by atoms with van der Waals surface area (Å²) < 4.78 is 1.18. The number of aryl methyl sites for hydroxylation is 1. The minimum Gasteiger partial charge on any atom is -0.313 e. The molecule has 0 aliphatic heterocycles. The van der Waals surface area contributed by atoms with Crippen LogP contribution in [0.15, 0.2) is 22.7 Å². The summed E-state index contributed by atoms with van der Waals surface area (Å²) in [6, 6.07) is 7.04. The maximum Gasteiger partial charge on any atom is 0.0206 e. The molecule has 2 nitrogen and oxygen atoms in total. The smallest absolute Gasteiger partial charge is 0.0206 e. The van der Waals surface area contributed by atoms with Crippen LogP contribution in [-0.4, -0.2) is 19.1 Å². The van der Waals surface area contributed by atoms with Gasteiger partial charge in [0, 0.05) is 30.1 Å². The Kier molecular flexibility index (Phi) is 6.03. The summed E-state index contributed by atoms with van der Waals surface area (Å²) >= 11 is 3.51. The zero-order chi connectivity index (χ0) is 12.0. The van der Waals surface area contributed by atoms with Crippen LogP contribution in [0.1, 0.15) is 25.0 Å². The van der Waals surface area contributed by atoms with Crippen molar-refractivity contribution >= 4 is 15.9 Å². The molecule has 0 atom stereocenters. The van der Waals surface area contributed by atoms with Gasteiger partial charge in [-0.25, -0.2) is 0 Å². The molecule has 0 saturated heterocycles. The van der Waals surface area contributed by atoms with Crippen LogP contribution in [0.3, 0.4) is 0 Å². The third-order valence-corrected chi connectivity index (χ3v) is 3.30. The molecule has 0 fully saturated rings. The van der Waals surface area contributed by atoms with Gasteiger partial charge in [-0.2, -0.15) is 0 Å². The highest BCUT2D eigenvalue weighted by atomic mass is 79.9. The minimum absolute atomic E-state index is 0.566. The SMILES string of the molecule is Cc1cc(CNCCNC(C)C)ccc1Br. The van der Waals surface area contributed by atoms with E-state index in [2.05, 4.69) is 65.5 Å². The van der Waals surface area contributed by atoms with E-state index in [0.29, 0.717) is 6.04 Å². The quantitative estimate of drug-likeness (QED) is 0.785. The van der Waals surface area contributed by atoms with Crippen LogP contribution >= 0.6 is 15.9 Å². The standard InChI is InChI=1S/C13H21BrN2/c1-10(2)16-7-6-15-9-12-4-5-13(14)11(3)8-12/h4-5,8,10,15-16H,6-7,9H2,1-3H3. The lowest BCUT2D eigenvalue weighted by molar-refractivity contribution is 0.555. The summed E-state index contributed by atoms with van der Waals surface area (Å²) in [6.07, 6.45) is 0. The van der Waals surface area contributed by atoms with E-state index < -0.39 is 0 Å². The van der Waals surface area contributed by atoms with Crippen molar-refractivity contribution in [3.8, 4) is 0 Å². The molecule has 0 aliphatic rings. The molecular formula is C13H21BrN2. The fourth-order valence-electron chi connectivity index (χ4n) is 1.50. The highest BCUT2D eigenvalue weighted by molar-refractivity contribution is 9.10. The summed E-state index contributed by atoms with van der Waals surface area (Å²) in [4.78, 5) is 0. The molecule has 0 aliphatic carbocycles. The molecule has 1 rings (SSSR count). The van der Waals surface area contributed by atoms with Gasteiger partial charge in [0.2, 0.25) is 0 Å². The molecule has 1 aromatic carbocycles. The van der Waals surface area contributed by atoms with E-state index in [1.807, 2.05) is 0 Å². The second-order valence-corrected chi connectivity index (χ2v) is 5.22. The van der Waals surface area contributed by atoms with Crippen molar-refractivity contribution < 1.29 is 0 Å². The fraction of sp³-hybridized carbons (Fsp3) is 0.538. The summed E-state index contributed by atoms with van der Waals surface area (Å²) in [5.74, 6) is 0. The van der Waals surface area contributed by atoms with E-state index in [1.54, 1.807) is 0 Å². The lowest BCUT2D eigenvalue weighted by Crippen LogP contribution is -2.31. The summed E-state index contributed by atoms with van der Waals surface area (Å²) in [5, 5.41) is 6.81. The molecule has 90 valence electrons. The Morgan fingerprint density at radius 1 is 1.25 bits per heavy atom. The lowest BCUT2D eigenvalue weighted by atomic mass is 10.1. The van der Waals surface area contributed by atoms with Gasteiger partial charge in [-0.05, 0) is 24.1 Å². The van der Waals surface area contributed by atoms with Crippen LogP contribution in [0.2, 0.25) is 0 Å². The van der Waals surface area contributed by atoms with Crippen molar-refractivity contribution in [3.63, 3.8) is 0 Å². The van der Waals surface area contributed by atoms with Crippen molar-refractivity contribution in [2.24, 2.45) is 0 Å². The van der Waals surface area contributed by atoms with Crippen LogP contribution < -0.4 is 10.6 Å². The molecule has 16 heavy (non-hydrogen) atoms. The molecule has 0 unspecified atom stereocenters. The number of hydrogen-bond donors (Lipinski definition) is 2. The molecule has 0 heterocycles.